The highest BCUT2D eigenvalue weighted by Gasteiger charge is 1.99. The lowest BCUT2D eigenvalue weighted by molar-refractivity contribution is -0.138. The van der Waals surface area contributed by atoms with E-state index in [1.807, 2.05) is 0 Å². The van der Waals surface area contributed by atoms with Gasteiger partial charge in [-0.1, -0.05) is 116 Å². The standard InChI is InChI=1S/C12H22O4.C11H23NO2.C10H24N2/c13-11(14)9-7-5-3-1-2-4-6-8-10-12(15)16;12-10-8-6-4-2-1-3-5-7-9-11(13)14;11-9-7-5-3-1-2-4-6-8-10-12/h1-10H2,(H,13,14)(H,15,16);1-10,12H2,(H,13,14);1-12H2. The van der Waals surface area contributed by atoms with Crippen molar-refractivity contribution in [3.05, 3.63) is 0 Å². The largest absolute Gasteiger partial charge is 0.481 e. The SMILES string of the molecule is NCCCCCCCCCCC(=O)O.NCCCCCCCCCCN.O=C(O)CCCCCCCCCCC(=O)O. The molecule has 0 aliphatic carbocycles. The van der Waals surface area contributed by atoms with E-state index in [0.717, 1.165) is 90.3 Å². The maximum Gasteiger partial charge on any atom is 0.303 e. The monoisotopic (exact) mass is 604 g/mol. The molecule has 9 nitrogen and oxygen atoms in total. The molecule has 0 saturated carbocycles. The number of rotatable bonds is 30. The Kier molecular flexibility index (Phi) is 44.1. The van der Waals surface area contributed by atoms with Gasteiger partial charge in [-0.3, -0.25) is 14.4 Å². The van der Waals surface area contributed by atoms with Crippen LogP contribution in [0.1, 0.15) is 173 Å². The number of carboxylic acids is 3. The average molecular weight is 604 g/mol. The molecule has 0 aromatic heterocycles. The van der Waals surface area contributed by atoms with E-state index in [2.05, 4.69) is 0 Å². The Morgan fingerprint density at radius 3 is 0.571 bits per heavy atom. The van der Waals surface area contributed by atoms with Crippen LogP contribution in [-0.2, 0) is 14.4 Å². The van der Waals surface area contributed by atoms with E-state index in [0.29, 0.717) is 6.42 Å². The molecule has 0 aliphatic rings. The zero-order valence-electron chi connectivity index (χ0n) is 27.0. The van der Waals surface area contributed by atoms with Gasteiger partial charge in [-0.2, -0.15) is 0 Å². The first-order chi connectivity index (χ1) is 20.3. The van der Waals surface area contributed by atoms with Gasteiger partial charge >= 0.3 is 17.9 Å². The van der Waals surface area contributed by atoms with Gasteiger partial charge in [0.1, 0.15) is 0 Å². The lowest BCUT2D eigenvalue weighted by Gasteiger charge is -2.00. The van der Waals surface area contributed by atoms with E-state index in [4.69, 9.17) is 32.5 Å². The quantitative estimate of drug-likeness (QED) is 0.0448. The van der Waals surface area contributed by atoms with E-state index in [1.165, 1.54) is 83.5 Å². The summed E-state index contributed by atoms with van der Waals surface area (Å²) in [6, 6.07) is 0. The second-order valence-corrected chi connectivity index (χ2v) is 11.3. The minimum atomic E-state index is -0.714. The Balaban J connectivity index is -0.000000549. The third kappa shape index (κ3) is 54.4. The summed E-state index contributed by atoms with van der Waals surface area (Å²) in [6.07, 6.45) is 28.6. The molecule has 9 N–H and O–H groups in total. The summed E-state index contributed by atoms with van der Waals surface area (Å²) >= 11 is 0. The second-order valence-electron chi connectivity index (χ2n) is 11.3. The van der Waals surface area contributed by atoms with Gasteiger partial charge in [0.2, 0.25) is 0 Å². The van der Waals surface area contributed by atoms with Crippen LogP contribution in [0.25, 0.3) is 0 Å². The highest BCUT2D eigenvalue weighted by Crippen LogP contribution is 2.11. The number of carboxylic acid groups (broad SMARTS) is 3. The van der Waals surface area contributed by atoms with Crippen molar-refractivity contribution in [2.24, 2.45) is 17.2 Å². The molecule has 0 aromatic carbocycles. The Morgan fingerprint density at radius 2 is 0.429 bits per heavy atom. The van der Waals surface area contributed by atoms with Crippen LogP contribution >= 0.6 is 0 Å². The molecule has 0 saturated heterocycles. The van der Waals surface area contributed by atoms with Crippen LogP contribution in [0, 0.1) is 0 Å². The maximum atomic E-state index is 10.2. The minimum Gasteiger partial charge on any atom is -0.481 e. The average Bonchev–Trinajstić information content (AvgIpc) is 2.95. The third-order valence-corrected chi connectivity index (χ3v) is 7.03. The summed E-state index contributed by atoms with van der Waals surface area (Å²) in [6.45, 7) is 2.51. The molecule has 0 aliphatic heterocycles. The van der Waals surface area contributed by atoms with Crippen LogP contribution in [0.5, 0.6) is 0 Å². The molecule has 0 atom stereocenters. The van der Waals surface area contributed by atoms with Gasteiger partial charge in [0, 0.05) is 19.3 Å². The Labute approximate surface area is 257 Å². The molecule has 42 heavy (non-hydrogen) atoms. The highest BCUT2D eigenvalue weighted by molar-refractivity contribution is 5.67. The van der Waals surface area contributed by atoms with Crippen molar-refractivity contribution >= 4 is 17.9 Å². The van der Waals surface area contributed by atoms with Crippen LogP contribution in [0.4, 0.5) is 0 Å². The molecule has 0 fully saturated rings. The molecule has 0 aromatic rings. The molecule has 0 spiro atoms. The van der Waals surface area contributed by atoms with Crippen molar-refractivity contribution in [1.29, 1.82) is 0 Å². The summed E-state index contributed by atoms with van der Waals surface area (Å²) < 4.78 is 0. The molecule has 0 radical (unpaired) electrons. The van der Waals surface area contributed by atoms with E-state index >= 15 is 0 Å². The normalized spacial score (nSPS) is 10.4. The van der Waals surface area contributed by atoms with Crippen molar-refractivity contribution < 1.29 is 29.7 Å². The van der Waals surface area contributed by atoms with Gasteiger partial charge in [0.25, 0.3) is 0 Å². The molecule has 0 bridgehead atoms. The topological polar surface area (TPSA) is 190 Å². The number of hydrogen-bond acceptors (Lipinski definition) is 6. The van der Waals surface area contributed by atoms with Gasteiger partial charge in [-0.15, -0.1) is 0 Å². The van der Waals surface area contributed by atoms with E-state index in [-0.39, 0.29) is 12.8 Å². The molecular formula is C33H69N3O6. The zero-order chi connectivity index (χ0) is 31.9. The predicted octanol–water partition coefficient (Wildman–Crippen LogP) is 7.62. The summed E-state index contributed by atoms with van der Waals surface area (Å²) in [4.78, 5) is 30.6. The van der Waals surface area contributed by atoms with Crippen molar-refractivity contribution in [2.45, 2.75) is 173 Å². The zero-order valence-corrected chi connectivity index (χ0v) is 27.0. The lowest BCUT2D eigenvalue weighted by atomic mass is 10.1. The summed E-state index contributed by atoms with van der Waals surface area (Å²) in [5.74, 6) is -2.10. The molecule has 0 rings (SSSR count). The van der Waals surface area contributed by atoms with Crippen molar-refractivity contribution in [3.8, 4) is 0 Å². The molecule has 0 amide bonds. The number of unbranched alkanes of at least 4 members (excludes halogenated alkanes) is 21. The van der Waals surface area contributed by atoms with Gasteiger partial charge < -0.3 is 32.5 Å². The van der Waals surface area contributed by atoms with Gasteiger partial charge in [0.05, 0.1) is 0 Å². The van der Waals surface area contributed by atoms with E-state index < -0.39 is 17.9 Å². The lowest BCUT2D eigenvalue weighted by Crippen LogP contribution is -1.98. The first-order valence-corrected chi connectivity index (χ1v) is 17.1. The number of aliphatic carboxylic acids is 3. The maximum absolute atomic E-state index is 10.2. The molecular weight excluding hydrogens is 534 g/mol. The van der Waals surface area contributed by atoms with E-state index in [9.17, 15) is 14.4 Å². The first kappa shape index (κ1) is 44.7. The fourth-order valence-corrected chi connectivity index (χ4v) is 4.44. The van der Waals surface area contributed by atoms with Crippen LogP contribution in [0.3, 0.4) is 0 Å². The molecule has 0 unspecified atom stereocenters. The Hall–Kier alpha value is -1.71. The second kappa shape index (κ2) is 41.4. The van der Waals surface area contributed by atoms with E-state index in [1.54, 1.807) is 0 Å². The van der Waals surface area contributed by atoms with Gasteiger partial charge in [0.15, 0.2) is 0 Å². The third-order valence-electron chi connectivity index (χ3n) is 7.03. The van der Waals surface area contributed by atoms with Crippen LogP contribution in [0.15, 0.2) is 0 Å². The molecule has 252 valence electrons. The van der Waals surface area contributed by atoms with Crippen LogP contribution < -0.4 is 17.2 Å². The van der Waals surface area contributed by atoms with Gasteiger partial charge in [-0.25, -0.2) is 0 Å². The van der Waals surface area contributed by atoms with Crippen molar-refractivity contribution in [3.63, 3.8) is 0 Å². The van der Waals surface area contributed by atoms with Crippen LogP contribution in [-0.4, -0.2) is 52.9 Å². The first-order valence-electron chi connectivity index (χ1n) is 17.1. The number of carbonyl (C=O) groups is 3. The van der Waals surface area contributed by atoms with Crippen LogP contribution in [0.2, 0.25) is 0 Å². The number of hydrogen-bond donors (Lipinski definition) is 6. The molecule has 0 heterocycles. The summed E-state index contributed by atoms with van der Waals surface area (Å²) in [5.41, 5.74) is 16.2. The summed E-state index contributed by atoms with van der Waals surface area (Å²) in [7, 11) is 0. The Morgan fingerprint density at radius 1 is 0.286 bits per heavy atom. The fourth-order valence-electron chi connectivity index (χ4n) is 4.44. The Bertz CT molecular complexity index is 532. The van der Waals surface area contributed by atoms with Crippen molar-refractivity contribution in [2.75, 3.05) is 19.6 Å². The molecule has 9 heteroatoms. The smallest absolute Gasteiger partial charge is 0.303 e. The number of nitrogens with two attached hydrogens (primary N) is 3. The van der Waals surface area contributed by atoms with Crippen molar-refractivity contribution in [1.82, 2.24) is 0 Å². The fraction of sp³-hybridized carbons (Fsp3) is 0.909. The minimum absolute atomic E-state index is 0.276. The summed E-state index contributed by atoms with van der Waals surface area (Å²) in [5, 5.41) is 25.2. The highest BCUT2D eigenvalue weighted by atomic mass is 16.4. The predicted molar refractivity (Wildman–Crippen MR) is 175 cm³/mol. The van der Waals surface area contributed by atoms with Gasteiger partial charge in [-0.05, 0) is 58.2 Å².